The van der Waals surface area contributed by atoms with Crippen molar-refractivity contribution in [2.75, 3.05) is 0 Å². The molecule has 0 bridgehead atoms. The number of fused-ring (bicyclic) bond motifs is 1. The second-order valence-electron chi connectivity index (χ2n) is 5.28. The molecule has 1 aromatic heterocycles. The maximum atomic E-state index is 12.2. The van der Waals surface area contributed by atoms with E-state index >= 15 is 0 Å². The van der Waals surface area contributed by atoms with Gasteiger partial charge in [0.2, 0.25) is 5.43 Å². The summed E-state index contributed by atoms with van der Waals surface area (Å²) in [4.78, 5) is 23.2. The van der Waals surface area contributed by atoms with E-state index in [4.69, 9.17) is 9.52 Å². The molecule has 3 aromatic rings. The van der Waals surface area contributed by atoms with E-state index in [2.05, 4.69) is 0 Å². The van der Waals surface area contributed by atoms with Gasteiger partial charge in [-0.2, -0.15) is 0 Å². The summed E-state index contributed by atoms with van der Waals surface area (Å²) < 4.78 is 5.23. The number of aromatic carboxylic acids is 1. The van der Waals surface area contributed by atoms with E-state index in [0.29, 0.717) is 17.4 Å². The molecule has 0 radical (unpaired) electrons. The van der Waals surface area contributed by atoms with E-state index in [1.807, 2.05) is 37.3 Å². The largest absolute Gasteiger partial charge is 0.477 e. The summed E-state index contributed by atoms with van der Waals surface area (Å²) >= 11 is 0. The molecular formula is C18H14O4. The zero-order chi connectivity index (χ0) is 15.7. The third kappa shape index (κ3) is 2.63. The van der Waals surface area contributed by atoms with Crippen LogP contribution >= 0.6 is 0 Å². The Balaban J connectivity index is 2.05. The van der Waals surface area contributed by atoms with E-state index in [-0.39, 0.29) is 5.56 Å². The van der Waals surface area contributed by atoms with Crippen LogP contribution in [0.5, 0.6) is 0 Å². The second-order valence-corrected chi connectivity index (χ2v) is 5.28. The summed E-state index contributed by atoms with van der Waals surface area (Å²) in [5.41, 5.74) is 2.78. The second kappa shape index (κ2) is 5.48. The van der Waals surface area contributed by atoms with Gasteiger partial charge in [0.1, 0.15) is 17.4 Å². The van der Waals surface area contributed by atoms with E-state index in [9.17, 15) is 9.59 Å². The van der Waals surface area contributed by atoms with E-state index in [0.717, 1.165) is 17.4 Å². The molecule has 1 heterocycles. The lowest BCUT2D eigenvalue weighted by atomic mass is 10.0. The Morgan fingerprint density at radius 3 is 2.45 bits per heavy atom. The van der Waals surface area contributed by atoms with Gasteiger partial charge in [-0.15, -0.1) is 0 Å². The standard InChI is InChI=1S/C18H14O4/c1-11-2-4-12(5-3-11)8-13-6-7-16-14(9-13)17(19)15(10-22-16)18(20)21/h2-7,9-10H,8H2,1H3,(H,20,21). The van der Waals surface area contributed by atoms with Crippen molar-refractivity contribution in [1.29, 1.82) is 0 Å². The monoisotopic (exact) mass is 294 g/mol. The number of carboxylic acids is 1. The van der Waals surface area contributed by atoms with Crippen molar-refractivity contribution in [3.63, 3.8) is 0 Å². The highest BCUT2D eigenvalue weighted by Gasteiger charge is 2.13. The first-order chi connectivity index (χ1) is 10.5. The van der Waals surface area contributed by atoms with Crippen molar-refractivity contribution in [2.45, 2.75) is 13.3 Å². The third-order valence-electron chi connectivity index (χ3n) is 3.60. The zero-order valence-corrected chi connectivity index (χ0v) is 12.0. The van der Waals surface area contributed by atoms with Crippen molar-refractivity contribution in [3.8, 4) is 0 Å². The lowest BCUT2D eigenvalue weighted by Gasteiger charge is -2.05. The Bertz CT molecular complexity index is 905. The number of benzene rings is 2. The van der Waals surface area contributed by atoms with Gasteiger partial charge >= 0.3 is 5.97 Å². The van der Waals surface area contributed by atoms with Gasteiger partial charge in [-0.3, -0.25) is 4.79 Å². The van der Waals surface area contributed by atoms with Crippen LogP contribution in [0.25, 0.3) is 11.0 Å². The first-order valence-electron chi connectivity index (χ1n) is 6.88. The Kier molecular flexibility index (Phi) is 3.51. The molecule has 0 spiro atoms. The molecule has 2 aromatic carbocycles. The highest BCUT2D eigenvalue weighted by molar-refractivity contribution is 5.91. The predicted molar refractivity (Wildman–Crippen MR) is 83.4 cm³/mol. The molecule has 0 saturated heterocycles. The Labute approximate surface area is 126 Å². The summed E-state index contributed by atoms with van der Waals surface area (Å²) in [6.45, 7) is 2.03. The van der Waals surface area contributed by atoms with Crippen LogP contribution in [-0.4, -0.2) is 11.1 Å². The normalized spacial score (nSPS) is 10.8. The van der Waals surface area contributed by atoms with Gasteiger partial charge in [-0.1, -0.05) is 35.9 Å². The van der Waals surface area contributed by atoms with Gasteiger partial charge in [0, 0.05) is 0 Å². The van der Waals surface area contributed by atoms with Crippen LogP contribution in [-0.2, 0) is 6.42 Å². The minimum atomic E-state index is -1.28. The van der Waals surface area contributed by atoms with Crippen LogP contribution in [0.2, 0.25) is 0 Å². The molecule has 22 heavy (non-hydrogen) atoms. The molecule has 4 heteroatoms. The van der Waals surface area contributed by atoms with Crippen LogP contribution in [0.1, 0.15) is 27.0 Å². The molecule has 0 saturated carbocycles. The molecule has 0 fully saturated rings. The first-order valence-corrected chi connectivity index (χ1v) is 6.88. The van der Waals surface area contributed by atoms with Gasteiger partial charge in [0.15, 0.2) is 0 Å². The van der Waals surface area contributed by atoms with E-state index in [1.54, 1.807) is 12.1 Å². The lowest BCUT2D eigenvalue weighted by molar-refractivity contribution is 0.0693. The van der Waals surface area contributed by atoms with E-state index in [1.165, 1.54) is 5.56 Å². The first kappa shape index (κ1) is 14.1. The molecule has 0 amide bonds. The molecule has 0 atom stereocenters. The van der Waals surface area contributed by atoms with Crippen LogP contribution in [0.15, 0.2) is 57.9 Å². The maximum absolute atomic E-state index is 12.2. The maximum Gasteiger partial charge on any atom is 0.342 e. The highest BCUT2D eigenvalue weighted by Crippen LogP contribution is 2.17. The molecular weight excluding hydrogens is 280 g/mol. The van der Waals surface area contributed by atoms with Crippen molar-refractivity contribution < 1.29 is 14.3 Å². The molecule has 4 nitrogen and oxygen atoms in total. The number of carboxylic acid groups (broad SMARTS) is 1. The fourth-order valence-electron chi connectivity index (χ4n) is 2.38. The predicted octanol–water partition coefficient (Wildman–Crippen LogP) is 3.39. The summed E-state index contributed by atoms with van der Waals surface area (Å²) in [5, 5.41) is 9.29. The molecule has 0 aliphatic rings. The topological polar surface area (TPSA) is 67.5 Å². The summed E-state index contributed by atoms with van der Waals surface area (Å²) in [5.74, 6) is -1.28. The van der Waals surface area contributed by atoms with Gasteiger partial charge in [0.05, 0.1) is 5.39 Å². The highest BCUT2D eigenvalue weighted by atomic mass is 16.4. The number of aryl methyl sites for hydroxylation is 1. The van der Waals surface area contributed by atoms with Crippen LogP contribution in [0.3, 0.4) is 0 Å². The van der Waals surface area contributed by atoms with Crippen LogP contribution in [0.4, 0.5) is 0 Å². The molecule has 0 unspecified atom stereocenters. The Morgan fingerprint density at radius 2 is 1.77 bits per heavy atom. The smallest absolute Gasteiger partial charge is 0.342 e. The van der Waals surface area contributed by atoms with Crippen molar-refractivity contribution in [1.82, 2.24) is 0 Å². The molecule has 0 aliphatic heterocycles. The van der Waals surface area contributed by atoms with Gasteiger partial charge in [-0.25, -0.2) is 4.79 Å². The average molecular weight is 294 g/mol. The Morgan fingerprint density at radius 1 is 1.09 bits per heavy atom. The third-order valence-corrected chi connectivity index (χ3v) is 3.60. The van der Waals surface area contributed by atoms with Crippen LogP contribution in [0, 0.1) is 6.92 Å². The van der Waals surface area contributed by atoms with Gasteiger partial charge in [0.25, 0.3) is 0 Å². The van der Waals surface area contributed by atoms with Crippen LogP contribution < -0.4 is 5.43 Å². The summed E-state index contributed by atoms with van der Waals surface area (Å²) in [7, 11) is 0. The van der Waals surface area contributed by atoms with Gasteiger partial charge < -0.3 is 9.52 Å². The molecule has 3 rings (SSSR count). The van der Waals surface area contributed by atoms with Crippen molar-refractivity contribution in [2.24, 2.45) is 0 Å². The van der Waals surface area contributed by atoms with Crippen molar-refractivity contribution in [3.05, 3.63) is 81.2 Å². The Hall–Kier alpha value is -2.88. The number of hydrogen-bond donors (Lipinski definition) is 1. The molecule has 1 N–H and O–H groups in total. The zero-order valence-electron chi connectivity index (χ0n) is 12.0. The summed E-state index contributed by atoms with van der Waals surface area (Å²) in [6, 6.07) is 13.4. The number of hydrogen-bond acceptors (Lipinski definition) is 3. The molecule has 110 valence electrons. The lowest BCUT2D eigenvalue weighted by Crippen LogP contribution is -2.14. The van der Waals surface area contributed by atoms with E-state index < -0.39 is 11.4 Å². The van der Waals surface area contributed by atoms with Crippen molar-refractivity contribution >= 4 is 16.9 Å². The fourth-order valence-corrected chi connectivity index (χ4v) is 2.38. The average Bonchev–Trinajstić information content (AvgIpc) is 2.50. The summed E-state index contributed by atoms with van der Waals surface area (Å²) in [6.07, 6.45) is 1.67. The minimum Gasteiger partial charge on any atom is -0.477 e. The van der Waals surface area contributed by atoms with Gasteiger partial charge in [-0.05, 0) is 36.6 Å². The minimum absolute atomic E-state index is 0.296. The molecule has 0 aliphatic carbocycles. The SMILES string of the molecule is Cc1ccc(Cc2ccc3occ(C(=O)O)c(=O)c3c2)cc1. The fraction of sp³-hybridized carbons (Fsp3) is 0.111. The number of carbonyl (C=O) groups is 1. The number of rotatable bonds is 3. The quantitative estimate of drug-likeness (QED) is 0.804.